The SMILES string of the molecule is CCN=S1(=O)CCC2(CC1)CN(C(=O)NC1COCCOC1)CCO2. The molecule has 3 aliphatic heterocycles. The first-order chi connectivity index (χ1) is 12.0. The smallest absolute Gasteiger partial charge is 0.317 e. The third-order valence-corrected chi connectivity index (χ3v) is 7.40. The lowest BCUT2D eigenvalue weighted by Crippen LogP contribution is -2.59. The summed E-state index contributed by atoms with van der Waals surface area (Å²) >= 11 is 0. The lowest BCUT2D eigenvalue weighted by molar-refractivity contribution is -0.102. The number of ether oxygens (including phenoxy) is 3. The lowest BCUT2D eigenvalue weighted by atomic mass is 9.94. The summed E-state index contributed by atoms with van der Waals surface area (Å²) in [6.45, 7) is 6.20. The minimum atomic E-state index is -2.09. The normalized spacial score (nSPS) is 34.5. The van der Waals surface area contributed by atoms with Crippen molar-refractivity contribution >= 4 is 15.8 Å². The Bertz CT molecular complexity index is 568. The van der Waals surface area contributed by atoms with Crippen LogP contribution in [-0.2, 0) is 23.9 Å². The van der Waals surface area contributed by atoms with E-state index in [0.29, 0.717) is 77.0 Å². The molecule has 3 rings (SSSR count). The van der Waals surface area contributed by atoms with E-state index < -0.39 is 9.73 Å². The van der Waals surface area contributed by atoms with Crippen LogP contribution in [0.3, 0.4) is 0 Å². The first-order valence-corrected chi connectivity index (χ1v) is 10.9. The highest BCUT2D eigenvalue weighted by Gasteiger charge is 2.42. The fourth-order valence-electron chi connectivity index (χ4n) is 3.57. The number of urea groups is 1. The van der Waals surface area contributed by atoms with E-state index in [1.54, 1.807) is 4.90 Å². The second-order valence-electron chi connectivity index (χ2n) is 6.88. The van der Waals surface area contributed by atoms with Gasteiger partial charge in [0.25, 0.3) is 0 Å². The number of nitrogens with one attached hydrogen (secondary N) is 1. The predicted molar refractivity (Wildman–Crippen MR) is 94.3 cm³/mol. The largest absolute Gasteiger partial charge is 0.377 e. The molecule has 3 aliphatic rings. The molecular formula is C16H29N3O5S. The molecule has 2 amide bonds. The molecule has 8 nitrogen and oxygen atoms in total. The molecule has 0 aliphatic carbocycles. The summed E-state index contributed by atoms with van der Waals surface area (Å²) < 4.78 is 33.8. The van der Waals surface area contributed by atoms with Crippen LogP contribution in [0, 0.1) is 0 Å². The third kappa shape index (κ3) is 4.84. The maximum absolute atomic E-state index is 12.6. The van der Waals surface area contributed by atoms with Crippen LogP contribution in [0.15, 0.2) is 4.36 Å². The van der Waals surface area contributed by atoms with Crippen molar-refractivity contribution in [3.8, 4) is 0 Å². The summed E-state index contributed by atoms with van der Waals surface area (Å²) in [5, 5.41) is 2.99. The van der Waals surface area contributed by atoms with Crippen molar-refractivity contribution in [2.75, 3.05) is 64.2 Å². The second kappa shape index (κ2) is 8.20. The maximum atomic E-state index is 12.6. The zero-order valence-corrected chi connectivity index (χ0v) is 15.7. The molecule has 0 aromatic rings. The van der Waals surface area contributed by atoms with E-state index in [1.807, 2.05) is 6.92 Å². The van der Waals surface area contributed by atoms with E-state index in [9.17, 15) is 9.00 Å². The standard InChI is InChI=1S/C16H29N3O5S/c1-2-17-25(21)9-3-16(4-10-25)13-19(5-6-24-16)15(20)18-14-11-22-7-8-23-12-14/h14H,2-13H2,1H3,(H,18,20). The van der Waals surface area contributed by atoms with Crippen molar-refractivity contribution in [3.05, 3.63) is 0 Å². The number of rotatable bonds is 2. The highest BCUT2D eigenvalue weighted by atomic mass is 32.2. The molecule has 0 aromatic heterocycles. The minimum Gasteiger partial charge on any atom is -0.377 e. The fourth-order valence-corrected chi connectivity index (χ4v) is 5.88. The Morgan fingerprint density at radius 1 is 1.24 bits per heavy atom. The van der Waals surface area contributed by atoms with Gasteiger partial charge in [0.2, 0.25) is 0 Å². The lowest BCUT2D eigenvalue weighted by Gasteiger charge is -2.45. The van der Waals surface area contributed by atoms with Crippen molar-refractivity contribution in [1.82, 2.24) is 10.2 Å². The zero-order valence-electron chi connectivity index (χ0n) is 14.9. The number of nitrogens with zero attached hydrogens (tertiary/aromatic N) is 2. The molecule has 144 valence electrons. The van der Waals surface area contributed by atoms with Crippen LogP contribution < -0.4 is 5.32 Å². The van der Waals surface area contributed by atoms with Gasteiger partial charge in [0.1, 0.15) is 0 Å². The van der Waals surface area contributed by atoms with Gasteiger partial charge >= 0.3 is 6.03 Å². The molecule has 0 unspecified atom stereocenters. The van der Waals surface area contributed by atoms with Crippen LogP contribution in [0.2, 0.25) is 0 Å². The van der Waals surface area contributed by atoms with E-state index >= 15 is 0 Å². The molecule has 1 spiro atoms. The second-order valence-corrected chi connectivity index (χ2v) is 9.50. The zero-order chi connectivity index (χ0) is 17.8. The van der Waals surface area contributed by atoms with Crippen molar-refractivity contribution in [2.24, 2.45) is 4.36 Å². The van der Waals surface area contributed by atoms with Crippen molar-refractivity contribution in [3.63, 3.8) is 0 Å². The molecule has 3 fully saturated rings. The first kappa shape index (κ1) is 18.9. The van der Waals surface area contributed by atoms with E-state index in [1.165, 1.54) is 0 Å². The molecule has 0 saturated carbocycles. The Kier molecular flexibility index (Phi) is 6.19. The van der Waals surface area contributed by atoms with Crippen LogP contribution >= 0.6 is 0 Å². The van der Waals surface area contributed by atoms with E-state index in [-0.39, 0.29) is 17.7 Å². The van der Waals surface area contributed by atoms with Gasteiger partial charge in [-0.1, -0.05) is 0 Å². The number of amides is 2. The summed E-state index contributed by atoms with van der Waals surface area (Å²) in [5.41, 5.74) is -0.379. The molecule has 0 bridgehead atoms. The quantitative estimate of drug-likeness (QED) is 0.758. The molecule has 3 saturated heterocycles. The molecule has 25 heavy (non-hydrogen) atoms. The van der Waals surface area contributed by atoms with Gasteiger partial charge in [0, 0.05) is 34.3 Å². The molecule has 0 aromatic carbocycles. The van der Waals surface area contributed by atoms with Crippen LogP contribution in [0.25, 0.3) is 0 Å². The summed E-state index contributed by atoms with van der Waals surface area (Å²) in [5.74, 6) is 1.11. The maximum Gasteiger partial charge on any atom is 0.317 e. The number of morpholine rings is 1. The Morgan fingerprint density at radius 2 is 1.92 bits per heavy atom. The van der Waals surface area contributed by atoms with Crippen LogP contribution in [0.1, 0.15) is 19.8 Å². The first-order valence-electron chi connectivity index (χ1n) is 9.07. The predicted octanol–water partition coefficient (Wildman–Crippen LogP) is 0.464. The number of hydrogen-bond acceptors (Lipinski definition) is 6. The van der Waals surface area contributed by atoms with Crippen molar-refractivity contribution in [2.45, 2.75) is 31.4 Å². The summed E-state index contributed by atoms with van der Waals surface area (Å²) in [4.78, 5) is 14.4. The highest BCUT2D eigenvalue weighted by Crippen LogP contribution is 2.32. The summed E-state index contributed by atoms with van der Waals surface area (Å²) in [6.07, 6.45) is 1.38. The number of carbonyl (C=O) groups excluding carboxylic acids is 1. The van der Waals surface area contributed by atoms with Gasteiger partial charge in [0.15, 0.2) is 0 Å². The van der Waals surface area contributed by atoms with Gasteiger partial charge in [-0.25, -0.2) is 13.4 Å². The van der Waals surface area contributed by atoms with Gasteiger partial charge in [-0.3, -0.25) is 0 Å². The Hall–Kier alpha value is -0.900. The molecule has 9 heteroatoms. The van der Waals surface area contributed by atoms with Gasteiger partial charge in [-0.15, -0.1) is 0 Å². The van der Waals surface area contributed by atoms with Gasteiger partial charge in [-0.2, -0.15) is 0 Å². The van der Waals surface area contributed by atoms with Crippen molar-refractivity contribution in [1.29, 1.82) is 0 Å². The van der Waals surface area contributed by atoms with E-state index in [0.717, 1.165) is 0 Å². The molecule has 0 radical (unpaired) electrons. The van der Waals surface area contributed by atoms with Crippen molar-refractivity contribution < 1.29 is 23.2 Å². The minimum absolute atomic E-state index is 0.105. The molecular weight excluding hydrogens is 346 g/mol. The highest BCUT2D eigenvalue weighted by molar-refractivity contribution is 7.93. The van der Waals surface area contributed by atoms with Crippen LogP contribution in [0.5, 0.6) is 0 Å². The monoisotopic (exact) mass is 375 g/mol. The van der Waals surface area contributed by atoms with Gasteiger partial charge in [-0.05, 0) is 19.8 Å². The number of hydrogen-bond donors (Lipinski definition) is 1. The molecule has 0 atom stereocenters. The van der Waals surface area contributed by atoms with E-state index in [4.69, 9.17) is 14.2 Å². The van der Waals surface area contributed by atoms with Gasteiger partial charge in [0.05, 0.1) is 51.2 Å². The topological polar surface area (TPSA) is 89.5 Å². The fraction of sp³-hybridized carbons (Fsp3) is 0.938. The van der Waals surface area contributed by atoms with Crippen LogP contribution in [0.4, 0.5) is 4.79 Å². The average molecular weight is 375 g/mol. The third-order valence-electron chi connectivity index (χ3n) is 4.99. The Labute approximate surface area is 149 Å². The van der Waals surface area contributed by atoms with E-state index in [2.05, 4.69) is 9.68 Å². The van der Waals surface area contributed by atoms with Gasteiger partial charge < -0.3 is 24.4 Å². The summed E-state index contributed by atoms with van der Waals surface area (Å²) in [6, 6.07) is -0.228. The molecule has 1 N–H and O–H groups in total. The Morgan fingerprint density at radius 3 is 2.56 bits per heavy atom. The number of carbonyl (C=O) groups is 1. The molecule has 3 heterocycles. The average Bonchev–Trinajstić information content (AvgIpc) is 2.87. The Balaban J connectivity index is 1.56. The summed E-state index contributed by atoms with van der Waals surface area (Å²) in [7, 11) is -2.09. The van der Waals surface area contributed by atoms with Crippen LogP contribution in [-0.4, -0.2) is 91.0 Å².